The van der Waals surface area contributed by atoms with Crippen LogP contribution >= 0.6 is 0 Å². The Morgan fingerprint density at radius 2 is 1.39 bits per heavy atom. The van der Waals surface area contributed by atoms with Crippen molar-refractivity contribution in [1.82, 2.24) is 0 Å². The molecule has 28 heavy (non-hydrogen) atoms. The second-order valence-electron chi connectivity index (χ2n) is 6.83. The third-order valence-corrected chi connectivity index (χ3v) is 5.52. The fraction of sp³-hybridized carbons (Fsp3) is 0.900. The first-order valence-corrected chi connectivity index (χ1v) is 11.6. The summed E-state index contributed by atoms with van der Waals surface area (Å²) in [4.78, 5) is 24.7. The molecule has 0 aromatic heterocycles. The van der Waals surface area contributed by atoms with Gasteiger partial charge in [-0.3, -0.25) is 14.1 Å². The van der Waals surface area contributed by atoms with Crippen molar-refractivity contribution in [3.05, 3.63) is 0 Å². The highest BCUT2D eigenvalue weighted by atomic mass is 32.2. The molecule has 0 saturated heterocycles. The van der Waals surface area contributed by atoms with Crippen LogP contribution < -0.4 is 0 Å². The fourth-order valence-electron chi connectivity index (χ4n) is 2.45. The van der Waals surface area contributed by atoms with Crippen LogP contribution in [0, 0.1) is 11.8 Å². The first-order chi connectivity index (χ1) is 14.7. The molecule has 0 bridgehead atoms. The Balaban J connectivity index is 5.43. The molecule has 3 atom stereocenters. The van der Waals surface area contributed by atoms with Crippen molar-refractivity contribution in [3.63, 3.8) is 0 Å². The Morgan fingerprint density at radius 3 is 1.79 bits per heavy atom. The number of rotatable bonds is 16. The number of carbonyl (C=O) groups excluding carboxylic acids is 2. The minimum absolute atomic E-state index is 0.329. The maximum atomic E-state index is 12.4. The third-order valence-electron chi connectivity index (χ3n) is 4.44. The minimum atomic E-state index is -5.14. The summed E-state index contributed by atoms with van der Waals surface area (Å²) in [7, 11) is -5.14. The topological polar surface area (TPSA) is 107 Å². The van der Waals surface area contributed by atoms with Crippen LogP contribution in [0.2, 0.25) is 0 Å². The minimum Gasteiger partial charge on any atom is -0.465 e. The number of ether oxygens (including phenoxy) is 2. The molecule has 0 aliphatic heterocycles. The van der Waals surface area contributed by atoms with Gasteiger partial charge in [-0.2, -0.15) is 8.42 Å². The zero-order valence-electron chi connectivity index (χ0n) is 21.4. The van der Waals surface area contributed by atoms with Gasteiger partial charge in [0.2, 0.25) is 0 Å². The van der Waals surface area contributed by atoms with Crippen molar-refractivity contribution in [2.24, 2.45) is 11.8 Å². The van der Waals surface area contributed by atoms with Crippen LogP contribution in [0.15, 0.2) is 0 Å². The van der Waals surface area contributed by atoms with Gasteiger partial charge in [0.1, 0.15) is 0 Å². The van der Waals surface area contributed by atoms with Crippen molar-refractivity contribution in [2.45, 2.75) is 90.7 Å². The molecule has 1 N–H and O–H groups in total. The zero-order chi connectivity index (χ0) is 25.2. The van der Waals surface area contributed by atoms with E-state index >= 15 is 0 Å². The SMILES string of the molecule is [2H]C([2H])(OC(=O)CC(C(=O)OC([2H])([2H])C(CC)CCCC)S(=O)(=O)O)C(CC)CCCC. The van der Waals surface area contributed by atoms with Crippen LogP contribution in [-0.4, -0.2) is 43.3 Å². The molecule has 0 heterocycles. The maximum Gasteiger partial charge on any atom is 0.327 e. The summed E-state index contributed by atoms with van der Waals surface area (Å²) >= 11 is 0. The number of hydrogen-bond donors (Lipinski definition) is 1. The Kier molecular flexibility index (Phi) is 10.6. The lowest BCUT2D eigenvalue weighted by molar-refractivity contribution is -0.151. The number of unbranched alkanes of at least 4 members (excludes halogenated alkanes) is 2. The Morgan fingerprint density at radius 1 is 0.929 bits per heavy atom. The molecule has 0 aliphatic rings. The van der Waals surface area contributed by atoms with Gasteiger partial charge < -0.3 is 9.47 Å². The molecule has 0 spiro atoms. The Bertz CT molecular complexity index is 698. The van der Waals surface area contributed by atoms with Gasteiger partial charge in [0.25, 0.3) is 10.1 Å². The van der Waals surface area contributed by atoms with Crippen LogP contribution in [0.4, 0.5) is 0 Å². The van der Waals surface area contributed by atoms with Crippen molar-refractivity contribution in [3.8, 4) is 0 Å². The van der Waals surface area contributed by atoms with Gasteiger partial charge in [-0.1, -0.05) is 66.2 Å². The summed E-state index contributed by atoms with van der Waals surface area (Å²) in [6.07, 6.45) is 3.36. The van der Waals surface area contributed by atoms with E-state index in [1.54, 1.807) is 13.8 Å². The molecular formula is C20H38O7S. The predicted octanol–water partition coefficient (Wildman–Crippen LogP) is 4.15. The molecule has 3 unspecified atom stereocenters. The van der Waals surface area contributed by atoms with E-state index in [1.165, 1.54) is 0 Å². The lowest BCUT2D eigenvalue weighted by Crippen LogP contribution is -2.35. The predicted molar refractivity (Wildman–Crippen MR) is 108 cm³/mol. The highest BCUT2D eigenvalue weighted by Crippen LogP contribution is 2.17. The molecule has 0 aromatic carbocycles. The fourth-order valence-corrected chi connectivity index (χ4v) is 3.09. The normalized spacial score (nSPS) is 18.0. The third kappa shape index (κ3) is 11.6. The first-order valence-electron chi connectivity index (χ1n) is 12.1. The van der Waals surface area contributed by atoms with Crippen LogP contribution in [0.25, 0.3) is 0 Å². The number of hydrogen-bond acceptors (Lipinski definition) is 6. The smallest absolute Gasteiger partial charge is 0.327 e. The highest BCUT2D eigenvalue weighted by Gasteiger charge is 2.36. The molecule has 0 fully saturated rings. The Labute approximate surface area is 175 Å². The summed E-state index contributed by atoms with van der Waals surface area (Å²) in [5.41, 5.74) is 0. The summed E-state index contributed by atoms with van der Waals surface area (Å²) in [5.74, 6) is -4.29. The van der Waals surface area contributed by atoms with Gasteiger partial charge in [0.05, 0.1) is 25.0 Å². The van der Waals surface area contributed by atoms with E-state index in [9.17, 15) is 22.6 Å². The van der Waals surface area contributed by atoms with Crippen molar-refractivity contribution in [2.75, 3.05) is 13.1 Å². The van der Waals surface area contributed by atoms with Gasteiger partial charge in [0, 0.05) is 0 Å². The second-order valence-corrected chi connectivity index (χ2v) is 8.43. The van der Waals surface area contributed by atoms with Crippen LogP contribution in [0.5, 0.6) is 0 Å². The van der Waals surface area contributed by atoms with E-state index in [2.05, 4.69) is 0 Å². The maximum absolute atomic E-state index is 12.4. The molecule has 7 nitrogen and oxygen atoms in total. The molecule has 0 aliphatic carbocycles. The molecule has 8 heteroatoms. The van der Waals surface area contributed by atoms with Crippen molar-refractivity contribution >= 4 is 22.1 Å². The van der Waals surface area contributed by atoms with Crippen LogP contribution in [-0.2, 0) is 29.2 Å². The van der Waals surface area contributed by atoms with Gasteiger partial charge in [-0.05, 0) is 24.7 Å². The molecule has 166 valence electrons. The molecule has 0 radical (unpaired) electrons. The zero-order valence-corrected chi connectivity index (χ0v) is 18.2. The van der Waals surface area contributed by atoms with E-state index in [0.29, 0.717) is 38.5 Å². The molecule has 0 aromatic rings. The van der Waals surface area contributed by atoms with Gasteiger partial charge in [-0.15, -0.1) is 0 Å². The summed E-state index contributed by atoms with van der Waals surface area (Å²) in [6, 6.07) is 0. The van der Waals surface area contributed by atoms with E-state index in [1.807, 2.05) is 13.8 Å². The number of carbonyl (C=O) groups is 2. The molecule has 0 amide bonds. The largest absolute Gasteiger partial charge is 0.465 e. The van der Waals surface area contributed by atoms with Crippen LogP contribution in [0.3, 0.4) is 0 Å². The Hall–Kier alpha value is -1.15. The molecule has 0 rings (SSSR count). The molecular weight excluding hydrogens is 384 g/mol. The average Bonchev–Trinajstić information content (AvgIpc) is 2.65. The average molecular weight is 427 g/mol. The first kappa shape index (κ1) is 20.1. The van der Waals surface area contributed by atoms with E-state index < -0.39 is 58.7 Å². The van der Waals surface area contributed by atoms with Crippen molar-refractivity contribution in [1.29, 1.82) is 0 Å². The van der Waals surface area contributed by atoms with E-state index in [-0.39, 0.29) is 0 Å². The van der Waals surface area contributed by atoms with Gasteiger partial charge >= 0.3 is 11.9 Å². The summed E-state index contributed by atoms with van der Waals surface area (Å²) < 4.78 is 74.6. The van der Waals surface area contributed by atoms with Gasteiger partial charge in [-0.25, -0.2) is 0 Å². The summed E-state index contributed by atoms with van der Waals surface area (Å²) in [5, 5.41) is -2.42. The van der Waals surface area contributed by atoms with E-state index in [4.69, 9.17) is 15.0 Å². The number of esters is 2. The highest BCUT2D eigenvalue weighted by molar-refractivity contribution is 7.87. The molecule has 0 saturated carbocycles. The standard InChI is InChI=1S/C20H38O7S/c1-5-9-11-16(7-3)14-26-19(21)13-18(28(23,24)25)20(22)27-15-17(8-4)12-10-6-2/h16-18H,5-15H2,1-4H3,(H,23,24,25)/i14D2,15D2. The summed E-state index contributed by atoms with van der Waals surface area (Å²) in [6.45, 7) is 2.38. The lowest BCUT2D eigenvalue weighted by Gasteiger charge is -2.18. The second kappa shape index (κ2) is 14.8. The quantitative estimate of drug-likeness (QED) is 0.292. The van der Waals surface area contributed by atoms with Crippen molar-refractivity contribution < 1.29 is 37.5 Å². The van der Waals surface area contributed by atoms with Gasteiger partial charge in [0.15, 0.2) is 5.25 Å². The monoisotopic (exact) mass is 426 g/mol. The van der Waals surface area contributed by atoms with Crippen LogP contribution in [0.1, 0.15) is 91.0 Å². The van der Waals surface area contributed by atoms with E-state index in [0.717, 1.165) is 12.8 Å². The lowest BCUT2D eigenvalue weighted by atomic mass is 10.0.